The second-order valence-corrected chi connectivity index (χ2v) is 7.55. The number of benzene rings is 2. The van der Waals surface area contributed by atoms with Crippen LogP contribution in [0.5, 0.6) is 0 Å². The summed E-state index contributed by atoms with van der Waals surface area (Å²) >= 11 is 5.91. The summed E-state index contributed by atoms with van der Waals surface area (Å²) in [5.74, 6) is -1.21. The van der Waals surface area contributed by atoms with Crippen molar-refractivity contribution in [2.45, 2.75) is 24.7 Å². The molecule has 2 unspecified atom stereocenters. The van der Waals surface area contributed by atoms with Gasteiger partial charge < -0.3 is 5.32 Å². The molecule has 2 heterocycles. The maximum atomic E-state index is 13.1. The molecule has 2 aliphatic heterocycles. The lowest BCUT2D eigenvalue weighted by molar-refractivity contribution is -0.139. The van der Waals surface area contributed by atoms with Gasteiger partial charge in [-0.15, -0.1) is 0 Å². The van der Waals surface area contributed by atoms with Crippen molar-refractivity contribution in [3.8, 4) is 0 Å². The third-order valence-corrected chi connectivity index (χ3v) is 5.28. The fraction of sp³-hybridized carbons (Fsp3) is 0.250. The van der Waals surface area contributed by atoms with E-state index in [0.717, 1.165) is 22.7 Å². The molecule has 7 nitrogen and oxygen atoms in total. The van der Waals surface area contributed by atoms with Gasteiger partial charge in [-0.25, -0.2) is 10.4 Å². The number of halogens is 4. The number of alkyl halides is 3. The van der Waals surface area contributed by atoms with E-state index < -0.39 is 36.1 Å². The second kappa shape index (κ2) is 8.20. The summed E-state index contributed by atoms with van der Waals surface area (Å²) < 4.78 is 39.3. The Hall–Kier alpha value is -3.11. The smallest absolute Gasteiger partial charge is 0.324 e. The van der Waals surface area contributed by atoms with Crippen molar-refractivity contribution in [1.82, 2.24) is 15.4 Å². The highest BCUT2D eigenvalue weighted by Gasteiger charge is 2.41. The van der Waals surface area contributed by atoms with Crippen LogP contribution in [0, 0.1) is 0 Å². The van der Waals surface area contributed by atoms with Crippen LogP contribution in [0.2, 0.25) is 5.02 Å². The number of hydrazine groups is 1. The predicted molar refractivity (Wildman–Crippen MR) is 108 cm³/mol. The normalized spacial score (nSPS) is 20.7. The quantitative estimate of drug-likeness (QED) is 0.747. The van der Waals surface area contributed by atoms with E-state index in [-0.39, 0.29) is 11.7 Å². The third kappa shape index (κ3) is 4.49. The lowest BCUT2D eigenvalue weighted by Gasteiger charge is -2.29. The number of nitrogens with one attached hydrogen (secondary N) is 2. The number of hydrogen-bond acceptors (Lipinski definition) is 5. The summed E-state index contributed by atoms with van der Waals surface area (Å²) in [5.41, 5.74) is 2.76. The molecule has 4 rings (SSSR count). The van der Waals surface area contributed by atoms with E-state index in [0.29, 0.717) is 11.4 Å². The van der Waals surface area contributed by atoms with Gasteiger partial charge in [0.25, 0.3) is 5.91 Å². The first-order valence-electron chi connectivity index (χ1n) is 9.34. The Labute approximate surface area is 180 Å². The molecule has 2 amide bonds. The molecule has 0 aromatic heterocycles. The molecule has 0 aliphatic carbocycles. The minimum Gasteiger partial charge on any atom is -0.324 e. The molecule has 2 N–H and O–H groups in total. The fourth-order valence-corrected chi connectivity index (χ4v) is 3.66. The molecule has 1 fully saturated rings. The first-order valence-corrected chi connectivity index (χ1v) is 9.71. The molecule has 162 valence electrons. The molecule has 11 heteroatoms. The molecule has 2 aromatic rings. The Morgan fingerprint density at radius 3 is 2.61 bits per heavy atom. The zero-order valence-corrected chi connectivity index (χ0v) is 16.7. The molecule has 2 atom stereocenters. The molecule has 0 bridgehead atoms. The van der Waals surface area contributed by atoms with Crippen molar-refractivity contribution in [2.75, 3.05) is 11.9 Å². The topological polar surface area (TPSA) is 77.0 Å². The van der Waals surface area contributed by atoms with E-state index in [2.05, 4.69) is 15.8 Å². The largest absolute Gasteiger partial charge is 0.418 e. The zero-order chi connectivity index (χ0) is 22.2. The molecule has 0 saturated carbocycles. The van der Waals surface area contributed by atoms with E-state index in [1.807, 2.05) is 12.1 Å². The number of hydrazone groups is 1. The van der Waals surface area contributed by atoms with Crippen LogP contribution in [0.25, 0.3) is 0 Å². The number of para-hydroxylation sites is 1. The Bertz CT molecular complexity index is 1030. The first kappa shape index (κ1) is 21.1. The third-order valence-electron chi connectivity index (χ3n) is 5.03. The van der Waals surface area contributed by atoms with Gasteiger partial charge in [-0.2, -0.15) is 18.3 Å². The SMILES string of the molecule is O=C(CN1N=CN2NC(c3ccc(Cl)cc3)CC2C1=O)Nc1ccccc1C(F)(F)F. The highest BCUT2D eigenvalue weighted by Crippen LogP contribution is 2.34. The number of fused-ring (bicyclic) bond motifs is 1. The lowest BCUT2D eigenvalue weighted by atomic mass is 10.0. The highest BCUT2D eigenvalue weighted by atomic mass is 35.5. The molecule has 2 aromatic carbocycles. The van der Waals surface area contributed by atoms with E-state index in [1.165, 1.54) is 18.5 Å². The maximum absolute atomic E-state index is 13.1. The molecule has 31 heavy (non-hydrogen) atoms. The van der Waals surface area contributed by atoms with Crippen LogP contribution in [-0.4, -0.2) is 40.8 Å². The molecule has 2 aliphatic rings. The summed E-state index contributed by atoms with van der Waals surface area (Å²) in [7, 11) is 0. The van der Waals surface area contributed by atoms with Crippen molar-refractivity contribution in [3.63, 3.8) is 0 Å². The van der Waals surface area contributed by atoms with E-state index >= 15 is 0 Å². The van der Waals surface area contributed by atoms with Gasteiger partial charge in [-0.05, 0) is 36.2 Å². The molecule has 0 spiro atoms. The number of hydrogen-bond donors (Lipinski definition) is 2. The summed E-state index contributed by atoms with van der Waals surface area (Å²) in [6.45, 7) is -0.503. The predicted octanol–water partition coefficient (Wildman–Crippen LogP) is 3.40. The van der Waals surface area contributed by atoms with Gasteiger partial charge in [0.2, 0.25) is 5.91 Å². The van der Waals surface area contributed by atoms with Gasteiger partial charge in [0.05, 0.1) is 17.3 Å². The van der Waals surface area contributed by atoms with Crippen molar-refractivity contribution >= 4 is 35.4 Å². The average Bonchev–Trinajstić information content (AvgIpc) is 3.15. The number of nitrogens with zero attached hydrogens (tertiary/aromatic N) is 3. The summed E-state index contributed by atoms with van der Waals surface area (Å²) in [4.78, 5) is 25.1. The molecule has 0 radical (unpaired) electrons. The number of carbonyl (C=O) groups excluding carboxylic acids is 2. The highest BCUT2D eigenvalue weighted by molar-refractivity contribution is 6.30. The first-order chi connectivity index (χ1) is 14.7. The number of carbonyl (C=O) groups is 2. The van der Waals surface area contributed by atoms with Crippen LogP contribution in [-0.2, 0) is 15.8 Å². The minimum atomic E-state index is -4.62. The Kier molecular flexibility index (Phi) is 5.59. The van der Waals surface area contributed by atoms with Crippen molar-refractivity contribution in [2.24, 2.45) is 5.10 Å². The van der Waals surface area contributed by atoms with Gasteiger partial charge in [-0.1, -0.05) is 35.9 Å². The maximum Gasteiger partial charge on any atom is 0.418 e. The van der Waals surface area contributed by atoms with Crippen LogP contribution < -0.4 is 10.7 Å². The van der Waals surface area contributed by atoms with Gasteiger partial charge in [0, 0.05) is 5.02 Å². The Morgan fingerprint density at radius 2 is 1.90 bits per heavy atom. The van der Waals surface area contributed by atoms with Crippen molar-refractivity contribution in [3.05, 3.63) is 64.7 Å². The fourth-order valence-electron chi connectivity index (χ4n) is 3.53. The molecule has 1 saturated heterocycles. The van der Waals surface area contributed by atoms with Crippen molar-refractivity contribution < 1.29 is 22.8 Å². The van der Waals surface area contributed by atoms with Gasteiger partial charge in [0.15, 0.2) is 0 Å². The van der Waals surface area contributed by atoms with E-state index in [9.17, 15) is 22.8 Å². The summed E-state index contributed by atoms with van der Waals surface area (Å²) in [5, 5.41) is 9.30. The standard InChI is InChI=1S/C20H17ClF3N5O2/c21-13-7-5-12(6-8-13)16-9-17-19(31)28(25-11-29(17)27-16)10-18(30)26-15-4-2-1-3-14(15)20(22,23)24/h1-8,11,16-17,27H,9-10H2,(H,26,30). The Balaban J connectivity index is 1.41. The lowest BCUT2D eigenvalue weighted by Crippen LogP contribution is -2.52. The number of amides is 2. The molecular weight excluding hydrogens is 435 g/mol. The second-order valence-electron chi connectivity index (χ2n) is 7.11. The summed E-state index contributed by atoms with van der Waals surface area (Å²) in [6, 6.07) is 11.1. The van der Waals surface area contributed by atoms with E-state index in [4.69, 9.17) is 11.6 Å². The average molecular weight is 452 g/mol. The number of anilines is 1. The number of rotatable bonds is 4. The van der Waals surface area contributed by atoms with Gasteiger partial charge in [-0.3, -0.25) is 14.6 Å². The van der Waals surface area contributed by atoms with E-state index in [1.54, 1.807) is 17.1 Å². The van der Waals surface area contributed by atoms with Gasteiger partial charge >= 0.3 is 6.18 Å². The monoisotopic (exact) mass is 451 g/mol. The Morgan fingerprint density at radius 1 is 1.19 bits per heavy atom. The van der Waals surface area contributed by atoms with Crippen LogP contribution in [0.15, 0.2) is 53.6 Å². The zero-order valence-electron chi connectivity index (χ0n) is 15.9. The van der Waals surface area contributed by atoms with Crippen LogP contribution in [0.1, 0.15) is 23.6 Å². The van der Waals surface area contributed by atoms with Crippen LogP contribution in [0.3, 0.4) is 0 Å². The minimum absolute atomic E-state index is 0.148. The van der Waals surface area contributed by atoms with Crippen LogP contribution in [0.4, 0.5) is 18.9 Å². The van der Waals surface area contributed by atoms with Crippen molar-refractivity contribution in [1.29, 1.82) is 0 Å². The van der Waals surface area contributed by atoms with Crippen LogP contribution >= 0.6 is 11.6 Å². The van der Waals surface area contributed by atoms with Gasteiger partial charge in [0.1, 0.15) is 18.9 Å². The molecular formula is C20H17ClF3N5O2. The summed E-state index contributed by atoms with van der Waals surface area (Å²) in [6.07, 6.45) is -2.80.